The largest absolute Gasteiger partial charge is 0.204 e. The highest BCUT2D eigenvalue weighted by atomic mass is 32.1. The molecule has 0 fully saturated rings. The SMILES string of the molecule is CCCc1ccc(-c2ccc(C#Cc3cc(F)c(N=C=S)c(F)c3)c(F)c2F)cc1. The van der Waals surface area contributed by atoms with E-state index in [1.807, 2.05) is 17.3 Å². The Morgan fingerprint density at radius 3 is 2.13 bits per heavy atom. The third kappa shape index (κ3) is 4.65. The highest BCUT2D eigenvalue weighted by molar-refractivity contribution is 7.78. The van der Waals surface area contributed by atoms with Crippen LogP contribution in [-0.2, 0) is 6.42 Å². The van der Waals surface area contributed by atoms with Gasteiger partial charge in [-0.1, -0.05) is 49.5 Å². The van der Waals surface area contributed by atoms with Gasteiger partial charge in [0.2, 0.25) is 0 Å². The molecule has 3 aromatic rings. The average molecular weight is 425 g/mol. The van der Waals surface area contributed by atoms with E-state index >= 15 is 0 Å². The van der Waals surface area contributed by atoms with Gasteiger partial charge in [0.25, 0.3) is 0 Å². The number of aryl methyl sites for hydroxylation is 1. The van der Waals surface area contributed by atoms with Crippen molar-refractivity contribution < 1.29 is 17.6 Å². The van der Waals surface area contributed by atoms with Crippen molar-refractivity contribution in [3.8, 4) is 23.0 Å². The molecule has 0 saturated heterocycles. The van der Waals surface area contributed by atoms with Gasteiger partial charge in [0.1, 0.15) is 5.69 Å². The number of aliphatic imine (C=N–C) groups is 1. The summed E-state index contributed by atoms with van der Waals surface area (Å²) in [5.74, 6) is 0.730. The molecule has 0 heterocycles. The molecule has 0 saturated carbocycles. The van der Waals surface area contributed by atoms with E-state index in [1.54, 1.807) is 12.1 Å². The summed E-state index contributed by atoms with van der Waals surface area (Å²) in [7, 11) is 0. The van der Waals surface area contributed by atoms with Crippen molar-refractivity contribution in [1.29, 1.82) is 0 Å². The highest BCUT2D eigenvalue weighted by Gasteiger charge is 2.14. The number of hydrogen-bond donors (Lipinski definition) is 0. The first-order chi connectivity index (χ1) is 14.4. The summed E-state index contributed by atoms with van der Waals surface area (Å²) in [4.78, 5) is 3.30. The van der Waals surface area contributed by atoms with E-state index < -0.39 is 29.0 Å². The van der Waals surface area contributed by atoms with Crippen molar-refractivity contribution in [3.63, 3.8) is 0 Å². The summed E-state index contributed by atoms with van der Waals surface area (Å²) in [5, 5.41) is 1.89. The van der Waals surface area contributed by atoms with Crippen molar-refractivity contribution in [2.45, 2.75) is 19.8 Å². The van der Waals surface area contributed by atoms with E-state index in [-0.39, 0.29) is 16.7 Å². The van der Waals surface area contributed by atoms with Crippen molar-refractivity contribution in [2.24, 2.45) is 4.99 Å². The van der Waals surface area contributed by atoms with Crippen molar-refractivity contribution in [2.75, 3.05) is 0 Å². The lowest BCUT2D eigenvalue weighted by Crippen LogP contribution is -1.94. The van der Waals surface area contributed by atoms with E-state index in [0.717, 1.165) is 30.5 Å². The number of halogens is 4. The Kier molecular flexibility index (Phi) is 6.79. The zero-order chi connectivity index (χ0) is 21.7. The van der Waals surface area contributed by atoms with Crippen LogP contribution in [-0.4, -0.2) is 5.16 Å². The summed E-state index contributed by atoms with van der Waals surface area (Å²) in [6.45, 7) is 2.06. The van der Waals surface area contributed by atoms with Gasteiger partial charge < -0.3 is 0 Å². The fraction of sp³-hybridized carbons (Fsp3) is 0.125. The molecule has 0 aliphatic carbocycles. The van der Waals surface area contributed by atoms with Crippen LogP contribution in [0.5, 0.6) is 0 Å². The summed E-state index contributed by atoms with van der Waals surface area (Å²) in [6.07, 6.45) is 1.90. The Balaban J connectivity index is 1.93. The van der Waals surface area contributed by atoms with Crippen LogP contribution in [0.15, 0.2) is 53.5 Å². The Hall–Kier alpha value is -3.26. The molecule has 0 amide bonds. The van der Waals surface area contributed by atoms with Crippen LogP contribution in [0, 0.1) is 35.1 Å². The Morgan fingerprint density at radius 2 is 1.53 bits per heavy atom. The van der Waals surface area contributed by atoms with E-state index in [4.69, 9.17) is 0 Å². The number of hydrogen-bond acceptors (Lipinski definition) is 2. The topological polar surface area (TPSA) is 12.4 Å². The van der Waals surface area contributed by atoms with Crippen LogP contribution in [0.4, 0.5) is 23.2 Å². The van der Waals surface area contributed by atoms with Crippen molar-refractivity contribution in [1.82, 2.24) is 0 Å². The van der Waals surface area contributed by atoms with Gasteiger partial charge in [0.05, 0.1) is 10.7 Å². The smallest absolute Gasteiger partial charge is 0.175 e. The molecule has 0 aromatic heterocycles. The third-order valence-electron chi connectivity index (χ3n) is 4.40. The fourth-order valence-electron chi connectivity index (χ4n) is 2.94. The Bertz CT molecular complexity index is 1180. The van der Waals surface area contributed by atoms with Gasteiger partial charge >= 0.3 is 0 Å². The summed E-state index contributed by atoms with van der Waals surface area (Å²) < 4.78 is 56.8. The maximum absolute atomic E-state index is 14.6. The molecule has 150 valence electrons. The van der Waals surface area contributed by atoms with Gasteiger partial charge in [-0.05, 0) is 54.0 Å². The molecular weight excluding hydrogens is 410 g/mol. The molecule has 0 aliphatic rings. The minimum atomic E-state index is -1.12. The van der Waals surface area contributed by atoms with Gasteiger partial charge in [-0.25, -0.2) is 17.6 Å². The third-order valence-corrected chi connectivity index (χ3v) is 4.49. The Morgan fingerprint density at radius 1 is 0.867 bits per heavy atom. The van der Waals surface area contributed by atoms with E-state index in [2.05, 4.69) is 36.0 Å². The molecule has 0 spiro atoms. The normalized spacial score (nSPS) is 10.2. The highest BCUT2D eigenvalue weighted by Crippen LogP contribution is 2.27. The lowest BCUT2D eigenvalue weighted by atomic mass is 10.00. The second kappa shape index (κ2) is 9.49. The van der Waals surface area contributed by atoms with Gasteiger partial charge in [-0.15, -0.1) is 0 Å². The molecular formula is C24H15F4NS. The van der Waals surface area contributed by atoms with Crippen LogP contribution >= 0.6 is 12.2 Å². The predicted octanol–water partition coefficient (Wildman–Crippen LogP) is 7.00. The lowest BCUT2D eigenvalue weighted by molar-refractivity contribution is 0.509. The minimum absolute atomic E-state index is 0.0521. The molecule has 0 bridgehead atoms. The first kappa shape index (κ1) is 21.4. The van der Waals surface area contributed by atoms with Gasteiger partial charge in [0, 0.05) is 11.1 Å². The molecule has 0 unspecified atom stereocenters. The number of rotatable bonds is 4. The number of isothiocyanates is 1. The average Bonchev–Trinajstić information content (AvgIpc) is 2.73. The molecule has 3 aromatic carbocycles. The van der Waals surface area contributed by atoms with Crippen LogP contribution in [0.2, 0.25) is 0 Å². The zero-order valence-electron chi connectivity index (χ0n) is 15.9. The second-order valence-corrected chi connectivity index (χ2v) is 6.66. The maximum Gasteiger partial charge on any atom is 0.175 e. The summed E-state index contributed by atoms with van der Waals surface area (Å²) >= 11 is 4.34. The Labute approximate surface area is 177 Å². The molecule has 0 atom stereocenters. The molecule has 3 rings (SSSR count). The quantitative estimate of drug-likeness (QED) is 0.190. The van der Waals surface area contributed by atoms with E-state index in [1.165, 1.54) is 12.1 Å². The summed E-state index contributed by atoms with van der Waals surface area (Å²) in [5.41, 5.74) is 0.919. The maximum atomic E-state index is 14.6. The second-order valence-electron chi connectivity index (χ2n) is 6.48. The van der Waals surface area contributed by atoms with Crippen LogP contribution < -0.4 is 0 Å². The van der Waals surface area contributed by atoms with Crippen molar-refractivity contribution >= 4 is 23.1 Å². The fourth-order valence-corrected chi connectivity index (χ4v) is 3.03. The first-order valence-electron chi connectivity index (χ1n) is 9.10. The molecule has 0 aliphatic heterocycles. The number of benzene rings is 3. The van der Waals surface area contributed by atoms with Crippen LogP contribution in [0.25, 0.3) is 11.1 Å². The van der Waals surface area contributed by atoms with E-state index in [0.29, 0.717) is 5.56 Å². The number of nitrogens with zero attached hydrogens (tertiary/aromatic N) is 1. The van der Waals surface area contributed by atoms with Crippen LogP contribution in [0.1, 0.15) is 30.0 Å². The van der Waals surface area contributed by atoms with Gasteiger partial charge in [-0.2, -0.15) is 4.99 Å². The van der Waals surface area contributed by atoms with Crippen LogP contribution in [0.3, 0.4) is 0 Å². The number of thiocarbonyl (C=S) groups is 1. The molecule has 1 nitrogen and oxygen atoms in total. The standard InChI is InChI=1S/C24H15F4NS/c1-2-3-15-4-7-17(8-5-15)19-11-10-18(22(27)23(19)28)9-6-16-12-20(25)24(29-14-30)21(26)13-16/h4-5,7-8,10-13H,2-3H2,1H3. The summed E-state index contributed by atoms with van der Waals surface area (Å²) in [6, 6.07) is 11.9. The predicted molar refractivity (Wildman–Crippen MR) is 113 cm³/mol. The van der Waals surface area contributed by atoms with Gasteiger partial charge in [-0.3, -0.25) is 0 Å². The zero-order valence-corrected chi connectivity index (χ0v) is 16.7. The molecule has 0 radical (unpaired) electrons. The lowest BCUT2D eigenvalue weighted by Gasteiger charge is -2.07. The molecule has 6 heteroatoms. The minimum Gasteiger partial charge on any atom is -0.204 e. The first-order valence-corrected chi connectivity index (χ1v) is 9.51. The van der Waals surface area contributed by atoms with Gasteiger partial charge in [0.15, 0.2) is 23.3 Å². The monoisotopic (exact) mass is 425 g/mol. The van der Waals surface area contributed by atoms with Crippen molar-refractivity contribution in [3.05, 3.63) is 88.5 Å². The van der Waals surface area contributed by atoms with E-state index in [9.17, 15) is 17.6 Å². The molecule has 30 heavy (non-hydrogen) atoms. The molecule has 0 N–H and O–H groups in total.